The van der Waals surface area contributed by atoms with Gasteiger partial charge in [0.15, 0.2) is 0 Å². The number of hydrazone groups is 1. The Morgan fingerprint density at radius 3 is 2.68 bits per heavy atom. The average molecular weight is 403 g/mol. The molecule has 1 aromatic heterocycles. The highest BCUT2D eigenvalue weighted by Crippen LogP contribution is 2.17. The molecule has 0 bridgehead atoms. The predicted octanol–water partition coefficient (Wildman–Crippen LogP) is 4.31. The number of rotatable bonds is 10. The number of hydrogen-bond acceptors (Lipinski definition) is 7. The zero-order valence-corrected chi connectivity index (χ0v) is 18.1. The summed E-state index contributed by atoms with van der Waals surface area (Å²) in [7, 11) is 0. The van der Waals surface area contributed by atoms with Crippen molar-refractivity contribution in [3.8, 4) is 0 Å². The Morgan fingerprint density at radius 2 is 2.00 bits per heavy atom. The van der Waals surface area contributed by atoms with Gasteiger partial charge in [-0.2, -0.15) is 5.10 Å². The number of nitrogens with zero attached hydrogens (tertiary/aromatic N) is 3. The first-order valence-electron chi connectivity index (χ1n) is 9.63. The molecule has 2 rings (SSSR count). The van der Waals surface area contributed by atoms with Gasteiger partial charge in [0.1, 0.15) is 0 Å². The van der Waals surface area contributed by atoms with Gasteiger partial charge >= 0.3 is 5.97 Å². The van der Waals surface area contributed by atoms with Gasteiger partial charge in [-0.25, -0.2) is 4.98 Å². The van der Waals surface area contributed by atoms with Gasteiger partial charge in [0.25, 0.3) is 0 Å². The molecule has 0 unspecified atom stereocenters. The summed E-state index contributed by atoms with van der Waals surface area (Å²) in [4.78, 5) is 18.3. The summed E-state index contributed by atoms with van der Waals surface area (Å²) in [6.07, 6.45) is 2.00. The fourth-order valence-electron chi connectivity index (χ4n) is 2.92. The van der Waals surface area contributed by atoms with Crippen molar-refractivity contribution in [1.29, 1.82) is 0 Å². The van der Waals surface area contributed by atoms with Crippen molar-refractivity contribution in [2.24, 2.45) is 5.10 Å². The number of ether oxygens (including phenoxy) is 1. The number of anilines is 1. The van der Waals surface area contributed by atoms with Crippen LogP contribution in [0.25, 0.3) is 0 Å². The van der Waals surface area contributed by atoms with E-state index in [0.29, 0.717) is 29.5 Å². The minimum absolute atomic E-state index is 0.179. The highest BCUT2D eigenvalue weighted by atomic mass is 32.1. The Bertz CT molecular complexity index is 778. The zero-order valence-electron chi connectivity index (χ0n) is 17.3. The van der Waals surface area contributed by atoms with Crippen molar-refractivity contribution in [1.82, 2.24) is 9.88 Å². The molecule has 1 N–H and O–H groups in total. The molecule has 0 spiro atoms. The van der Waals surface area contributed by atoms with Crippen LogP contribution in [0.15, 0.2) is 34.7 Å². The number of nitrogens with one attached hydrogen (secondary N) is 1. The minimum Gasteiger partial charge on any atom is -0.466 e. The van der Waals surface area contributed by atoms with E-state index in [1.54, 1.807) is 6.92 Å². The molecule has 0 saturated carbocycles. The van der Waals surface area contributed by atoms with Crippen LogP contribution in [0.4, 0.5) is 5.13 Å². The summed E-state index contributed by atoms with van der Waals surface area (Å²) in [6, 6.07) is 9.21. The highest BCUT2D eigenvalue weighted by Gasteiger charge is 2.15. The number of carbonyl (C=O) groups excluding carboxylic acids is 1. The maximum atomic E-state index is 11.5. The number of hydrogen-bond donors (Lipinski definition) is 1. The monoisotopic (exact) mass is 402 g/mol. The Morgan fingerprint density at radius 1 is 1.29 bits per heavy atom. The molecular weight excluding hydrogens is 372 g/mol. The largest absolute Gasteiger partial charge is 0.466 e. The quantitative estimate of drug-likeness (QED) is 0.364. The van der Waals surface area contributed by atoms with Gasteiger partial charge in [-0.3, -0.25) is 15.1 Å². The van der Waals surface area contributed by atoms with Crippen molar-refractivity contribution in [2.45, 2.75) is 59.7 Å². The van der Waals surface area contributed by atoms with Crippen molar-refractivity contribution < 1.29 is 9.53 Å². The number of thiazole rings is 1. The lowest BCUT2D eigenvalue weighted by Crippen LogP contribution is -2.36. The Balaban J connectivity index is 2.01. The fourth-order valence-corrected chi connectivity index (χ4v) is 3.58. The van der Waals surface area contributed by atoms with Crippen LogP contribution in [0.5, 0.6) is 0 Å². The van der Waals surface area contributed by atoms with Gasteiger partial charge in [0.05, 0.1) is 24.9 Å². The predicted molar refractivity (Wildman–Crippen MR) is 116 cm³/mol. The van der Waals surface area contributed by atoms with Crippen molar-refractivity contribution in [2.75, 3.05) is 12.0 Å². The molecule has 0 aliphatic carbocycles. The molecule has 152 valence electrons. The Labute approximate surface area is 171 Å². The summed E-state index contributed by atoms with van der Waals surface area (Å²) in [5.41, 5.74) is 5.95. The number of benzene rings is 1. The summed E-state index contributed by atoms with van der Waals surface area (Å²) in [5.74, 6) is -0.267. The van der Waals surface area contributed by atoms with E-state index in [9.17, 15) is 4.79 Å². The Hall–Kier alpha value is -2.25. The van der Waals surface area contributed by atoms with Crippen LogP contribution >= 0.6 is 11.3 Å². The smallest absolute Gasteiger partial charge is 0.311 e. The lowest BCUT2D eigenvalue weighted by molar-refractivity contribution is -0.142. The average Bonchev–Trinajstić information content (AvgIpc) is 3.07. The van der Waals surface area contributed by atoms with E-state index in [4.69, 9.17) is 4.74 Å². The second-order valence-electron chi connectivity index (χ2n) is 7.05. The molecule has 1 aromatic carbocycles. The van der Waals surface area contributed by atoms with Gasteiger partial charge in [-0.15, -0.1) is 11.3 Å². The lowest BCUT2D eigenvalue weighted by Gasteiger charge is -2.31. The van der Waals surface area contributed by atoms with Crippen LogP contribution in [0.1, 0.15) is 51.4 Å². The minimum atomic E-state index is -0.267. The second kappa shape index (κ2) is 10.9. The van der Waals surface area contributed by atoms with E-state index in [-0.39, 0.29) is 12.4 Å². The molecule has 0 aliphatic heterocycles. The molecule has 28 heavy (non-hydrogen) atoms. The summed E-state index contributed by atoms with van der Waals surface area (Å²) >= 11 is 1.42. The lowest BCUT2D eigenvalue weighted by atomic mass is 10.1. The van der Waals surface area contributed by atoms with Gasteiger partial charge in [-0.05, 0) is 45.7 Å². The molecule has 7 heteroatoms. The van der Waals surface area contributed by atoms with Gasteiger partial charge < -0.3 is 4.74 Å². The van der Waals surface area contributed by atoms with E-state index in [1.165, 1.54) is 16.9 Å². The maximum Gasteiger partial charge on any atom is 0.311 e. The van der Waals surface area contributed by atoms with Crippen LogP contribution in [-0.4, -0.2) is 40.8 Å². The Kier molecular flexibility index (Phi) is 8.60. The summed E-state index contributed by atoms with van der Waals surface area (Å²) < 4.78 is 4.94. The molecule has 0 saturated heterocycles. The highest BCUT2D eigenvalue weighted by molar-refractivity contribution is 7.13. The molecular formula is C21H30N4O2S. The van der Waals surface area contributed by atoms with Gasteiger partial charge in [0.2, 0.25) is 5.13 Å². The van der Waals surface area contributed by atoms with E-state index >= 15 is 0 Å². The third-order valence-electron chi connectivity index (χ3n) is 4.28. The fraction of sp³-hybridized carbons (Fsp3) is 0.476. The standard InChI is InChI=1S/C21H30N4O2S/c1-6-27-20(26)11-19-14-28-21(23-19)24-22-12-17-9-7-8-10-18(17)13-25(15(2)3)16(4)5/h7-10,12,14-16H,6,11,13H2,1-5H3,(H,23,24). The number of carbonyl (C=O) groups is 1. The number of esters is 1. The molecule has 2 aromatic rings. The zero-order chi connectivity index (χ0) is 20.5. The van der Waals surface area contributed by atoms with Crippen LogP contribution in [-0.2, 0) is 22.5 Å². The van der Waals surface area contributed by atoms with Crippen LogP contribution in [0.2, 0.25) is 0 Å². The van der Waals surface area contributed by atoms with Crippen LogP contribution in [0, 0.1) is 0 Å². The first-order chi connectivity index (χ1) is 13.4. The molecule has 6 nitrogen and oxygen atoms in total. The van der Waals surface area contributed by atoms with E-state index in [2.05, 4.69) is 66.3 Å². The SMILES string of the molecule is CCOC(=O)Cc1csc(NN=Cc2ccccc2CN(C(C)C)C(C)C)n1. The van der Waals surface area contributed by atoms with Crippen LogP contribution < -0.4 is 5.43 Å². The summed E-state index contributed by atoms with van der Waals surface area (Å²) in [6.45, 7) is 11.9. The molecule has 0 atom stereocenters. The molecule has 1 heterocycles. The third kappa shape index (κ3) is 6.73. The second-order valence-corrected chi connectivity index (χ2v) is 7.91. The topological polar surface area (TPSA) is 66.8 Å². The first kappa shape index (κ1) is 22.0. The number of aromatic nitrogens is 1. The van der Waals surface area contributed by atoms with E-state index in [1.807, 2.05) is 17.7 Å². The van der Waals surface area contributed by atoms with E-state index < -0.39 is 0 Å². The maximum absolute atomic E-state index is 11.5. The first-order valence-corrected chi connectivity index (χ1v) is 10.5. The summed E-state index contributed by atoms with van der Waals surface area (Å²) in [5, 5.41) is 6.83. The van der Waals surface area contributed by atoms with Gasteiger partial charge in [-0.1, -0.05) is 24.3 Å². The third-order valence-corrected chi connectivity index (χ3v) is 5.08. The van der Waals surface area contributed by atoms with Crippen molar-refractivity contribution in [3.05, 3.63) is 46.5 Å². The molecule has 0 amide bonds. The van der Waals surface area contributed by atoms with E-state index in [0.717, 1.165) is 12.1 Å². The van der Waals surface area contributed by atoms with Gasteiger partial charge in [0, 0.05) is 24.0 Å². The normalized spacial score (nSPS) is 11.7. The molecule has 0 radical (unpaired) electrons. The van der Waals surface area contributed by atoms with Crippen LogP contribution in [0.3, 0.4) is 0 Å². The van der Waals surface area contributed by atoms with Crippen molar-refractivity contribution >= 4 is 28.7 Å². The molecule has 0 fully saturated rings. The molecule has 0 aliphatic rings. The van der Waals surface area contributed by atoms with Crippen molar-refractivity contribution in [3.63, 3.8) is 0 Å².